The van der Waals surface area contributed by atoms with Crippen LogP contribution in [0.4, 0.5) is 19.0 Å². The van der Waals surface area contributed by atoms with Gasteiger partial charge in [0.2, 0.25) is 0 Å². The number of benzene rings is 1. The van der Waals surface area contributed by atoms with Gasteiger partial charge in [-0.2, -0.15) is 0 Å². The van der Waals surface area contributed by atoms with Crippen LogP contribution in [-0.2, 0) is 6.61 Å². The summed E-state index contributed by atoms with van der Waals surface area (Å²) in [6, 6.07) is 7.05. The molecule has 0 saturated carbocycles. The number of pyridine rings is 1. The van der Waals surface area contributed by atoms with Gasteiger partial charge in [-0.1, -0.05) is 12.1 Å². The molecule has 0 aliphatic carbocycles. The number of halogens is 3. The predicted molar refractivity (Wildman–Crippen MR) is 66.7 cm³/mol. The average Bonchev–Trinajstić information content (AvgIpc) is 2.37. The highest BCUT2D eigenvalue weighted by Gasteiger charge is 2.31. The Kier molecular flexibility index (Phi) is 3.80. The average molecular weight is 284 g/mol. The molecule has 2 rings (SSSR count). The van der Waals surface area contributed by atoms with E-state index in [-0.39, 0.29) is 18.2 Å². The number of aromatic nitrogens is 1. The van der Waals surface area contributed by atoms with Crippen LogP contribution in [-0.4, -0.2) is 16.5 Å². The summed E-state index contributed by atoms with van der Waals surface area (Å²) < 4.78 is 40.3. The van der Waals surface area contributed by atoms with Gasteiger partial charge in [-0.25, -0.2) is 4.98 Å². The second kappa shape index (κ2) is 5.38. The number of nitrogens with zero attached hydrogens (tertiary/aromatic N) is 1. The standard InChI is InChI=1S/C13H11F3N2O2/c14-13(15,16)20-11-3-1-2-8(5-11)9-4-10(7-19)12(17)18-6-9/h1-6,19H,7H2,(H2,17,18). The number of aliphatic hydroxyl groups excluding tert-OH is 1. The predicted octanol–water partition coefficient (Wildman–Crippen LogP) is 2.72. The molecule has 0 fully saturated rings. The second-order valence-corrected chi connectivity index (χ2v) is 4.00. The molecule has 2 aromatic rings. The number of hydrogen-bond acceptors (Lipinski definition) is 4. The quantitative estimate of drug-likeness (QED) is 0.909. The van der Waals surface area contributed by atoms with E-state index in [0.29, 0.717) is 16.7 Å². The van der Waals surface area contributed by atoms with E-state index in [1.165, 1.54) is 24.4 Å². The normalized spacial score (nSPS) is 11.4. The third-order valence-electron chi connectivity index (χ3n) is 2.57. The fourth-order valence-corrected chi connectivity index (χ4v) is 1.68. The Morgan fingerprint density at radius 2 is 1.95 bits per heavy atom. The molecule has 0 bridgehead atoms. The van der Waals surface area contributed by atoms with Gasteiger partial charge in [0.1, 0.15) is 11.6 Å². The van der Waals surface area contributed by atoms with Crippen LogP contribution in [0.25, 0.3) is 11.1 Å². The minimum atomic E-state index is -4.74. The smallest absolute Gasteiger partial charge is 0.406 e. The van der Waals surface area contributed by atoms with Crippen LogP contribution >= 0.6 is 0 Å². The number of ether oxygens (including phenoxy) is 1. The van der Waals surface area contributed by atoms with Crippen molar-refractivity contribution in [1.82, 2.24) is 4.98 Å². The molecule has 0 radical (unpaired) electrons. The van der Waals surface area contributed by atoms with E-state index in [4.69, 9.17) is 10.8 Å². The van der Waals surface area contributed by atoms with Gasteiger partial charge in [0.25, 0.3) is 0 Å². The SMILES string of the molecule is Nc1ncc(-c2cccc(OC(F)(F)F)c2)cc1CO. The van der Waals surface area contributed by atoms with Crippen molar-refractivity contribution in [1.29, 1.82) is 0 Å². The zero-order chi connectivity index (χ0) is 14.8. The molecule has 7 heteroatoms. The van der Waals surface area contributed by atoms with Crippen molar-refractivity contribution < 1.29 is 23.0 Å². The van der Waals surface area contributed by atoms with Gasteiger partial charge in [0.15, 0.2) is 0 Å². The molecule has 1 aromatic heterocycles. The molecule has 20 heavy (non-hydrogen) atoms. The lowest BCUT2D eigenvalue weighted by Gasteiger charge is -2.10. The molecule has 1 aromatic carbocycles. The van der Waals surface area contributed by atoms with Gasteiger partial charge in [0, 0.05) is 17.3 Å². The van der Waals surface area contributed by atoms with Gasteiger partial charge in [-0.15, -0.1) is 13.2 Å². The van der Waals surface area contributed by atoms with Crippen molar-refractivity contribution >= 4 is 5.82 Å². The number of nitrogens with two attached hydrogens (primary N) is 1. The Hall–Kier alpha value is -2.28. The van der Waals surface area contributed by atoms with Crippen molar-refractivity contribution in [2.24, 2.45) is 0 Å². The molecule has 3 N–H and O–H groups in total. The third kappa shape index (κ3) is 3.39. The summed E-state index contributed by atoms with van der Waals surface area (Å²) in [4.78, 5) is 3.89. The summed E-state index contributed by atoms with van der Waals surface area (Å²) in [5.74, 6) is -0.142. The Morgan fingerprint density at radius 1 is 1.20 bits per heavy atom. The third-order valence-corrected chi connectivity index (χ3v) is 2.57. The molecule has 0 atom stereocenters. The first-order valence-electron chi connectivity index (χ1n) is 5.60. The Morgan fingerprint density at radius 3 is 2.60 bits per heavy atom. The van der Waals surface area contributed by atoms with Crippen molar-refractivity contribution in [2.45, 2.75) is 13.0 Å². The number of alkyl halides is 3. The maximum Gasteiger partial charge on any atom is 0.573 e. The van der Waals surface area contributed by atoms with Crippen molar-refractivity contribution in [3.8, 4) is 16.9 Å². The minimum absolute atomic E-state index is 0.180. The van der Waals surface area contributed by atoms with Gasteiger partial charge >= 0.3 is 6.36 Å². The lowest BCUT2D eigenvalue weighted by molar-refractivity contribution is -0.274. The Balaban J connectivity index is 2.36. The summed E-state index contributed by atoms with van der Waals surface area (Å²) >= 11 is 0. The molecule has 0 amide bonds. The molecular formula is C13H11F3N2O2. The number of anilines is 1. The van der Waals surface area contributed by atoms with Crippen LogP contribution in [0, 0.1) is 0 Å². The van der Waals surface area contributed by atoms with Crippen LogP contribution in [0.1, 0.15) is 5.56 Å². The molecular weight excluding hydrogens is 273 g/mol. The summed E-state index contributed by atoms with van der Waals surface area (Å²) in [5.41, 5.74) is 6.97. The number of hydrogen-bond donors (Lipinski definition) is 2. The lowest BCUT2D eigenvalue weighted by atomic mass is 10.1. The molecule has 0 saturated heterocycles. The van der Waals surface area contributed by atoms with Crippen LogP contribution in [0.5, 0.6) is 5.75 Å². The van der Waals surface area contributed by atoms with E-state index >= 15 is 0 Å². The highest BCUT2D eigenvalue weighted by molar-refractivity contribution is 5.66. The minimum Gasteiger partial charge on any atom is -0.406 e. The molecule has 4 nitrogen and oxygen atoms in total. The number of aliphatic hydroxyl groups is 1. The number of rotatable bonds is 3. The first-order chi connectivity index (χ1) is 9.39. The maximum absolute atomic E-state index is 12.2. The monoisotopic (exact) mass is 284 g/mol. The topological polar surface area (TPSA) is 68.4 Å². The Labute approximate surface area is 112 Å². The highest BCUT2D eigenvalue weighted by Crippen LogP contribution is 2.28. The van der Waals surface area contributed by atoms with Crippen molar-refractivity contribution in [2.75, 3.05) is 5.73 Å². The van der Waals surface area contributed by atoms with Gasteiger partial charge in [0.05, 0.1) is 6.61 Å². The fourth-order valence-electron chi connectivity index (χ4n) is 1.68. The maximum atomic E-state index is 12.2. The summed E-state index contributed by atoms with van der Waals surface area (Å²) in [6.07, 6.45) is -3.32. The first-order valence-corrected chi connectivity index (χ1v) is 5.60. The molecule has 0 aliphatic rings. The highest BCUT2D eigenvalue weighted by atomic mass is 19.4. The molecule has 1 heterocycles. The van der Waals surface area contributed by atoms with E-state index in [1.54, 1.807) is 12.1 Å². The summed E-state index contributed by atoms with van der Waals surface area (Å²) in [6.45, 7) is -0.300. The summed E-state index contributed by atoms with van der Waals surface area (Å²) in [7, 11) is 0. The largest absolute Gasteiger partial charge is 0.573 e. The van der Waals surface area contributed by atoms with E-state index in [9.17, 15) is 13.2 Å². The van der Waals surface area contributed by atoms with Crippen molar-refractivity contribution in [3.63, 3.8) is 0 Å². The lowest BCUT2D eigenvalue weighted by Crippen LogP contribution is -2.17. The molecule has 106 valence electrons. The van der Waals surface area contributed by atoms with Crippen molar-refractivity contribution in [3.05, 3.63) is 42.1 Å². The molecule has 0 aliphatic heterocycles. The first kappa shape index (κ1) is 14.1. The van der Waals surface area contributed by atoms with Crippen LogP contribution < -0.4 is 10.5 Å². The molecule has 0 spiro atoms. The molecule has 0 unspecified atom stereocenters. The van der Waals surface area contributed by atoms with Gasteiger partial charge < -0.3 is 15.6 Å². The zero-order valence-corrected chi connectivity index (χ0v) is 10.2. The van der Waals surface area contributed by atoms with E-state index in [1.807, 2.05) is 0 Å². The van der Waals surface area contributed by atoms with Gasteiger partial charge in [-0.3, -0.25) is 0 Å². The zero-order valence-electron chi connectivity index (χ0n) is 10.2. The number of nitrogen functional groups attached to an aromatic ring is 1. The fraction of sp³-hybridized carbons (Fsp3) is 0.154. The second-order valence-electron chi connectivity index (χ2n) is 4.00. The van der Waals surface area contributed by atoms with E-state index in [0.717, 1.165) is 0 Å². The Bertz CT molecular complexity index is 615. The van der Waals surface area contributed by atoms with Gasteiger partial charge in [-0.05, 0) is 23.8 Å². The van der Waals surface area contributed by atoms with Crippen LogP contribution in [0.2, 0.25) is 0 Å². The van der Waals surface area contributed by atoms with Crippen LogP contribution in [0.15, 0.2) is 36.5 Å². The summed E-state index contributed by atoms with van der Waals surface area (Å²) in [5, 5.41) is 9.10. The van der Waals surface area contributed by atoms with E-state index in [2.05, 4.69) is 9.72 Å². The van der Waals surface area contributed by atoms with Crippen LogP contribution in [0.3, 0.4) is 0 Å². The van der Waals surface area contributed by atoms with E-state index < -0.39 is 6.36 Å².